The molecule has 1 heterocycles. The maximum absolute atomic E-state index is 13.0. The molecule has 94 valence electrons. The lowest BCUT2D eigenvalue weighted by atomic mass is 10.1. The summed E-state index contributed by atoms with van der Waals surface area (Å²) in [5.41, 5.74) is 1.27. The van der Waals surface area contributed by atoms with Crippen LogP contribution in [0, 0.1) is 5.82 Å². The molecule has 0 aliphatic rings. The highest BCUT2D eigenvalue weighted by atomic mass is 19.1. The van der Waals surface area contributed by atoms with Crippen LogP contribution in [-0.2, 0) is 11.2 Å². The molecule has 18 heavy (non-hydrogen) atoms. The zero-order chi connectivity index (χ0) is 13.0. The van der Waals surface area contributed by atoms with E-state index in [9.17, 15) is 9.18 Å². The molecule has 0 spiro atoms. The van der Waals surface area contributed by atoms with Gasteiger partial charge in [-0.1, -0.05) is 6.07 Å². The first-order valence-corrected chi connectivity index (χ1v) is 5.62. The molecule has 0 fully saturated rings. The van der Waals surface area contributed by atoms with Crippen molar-refractivity contribution >= 4 is 16.8 Å². The molecule has 1 aromatic carbocycles. The molecule has 1 amide bonds. The number of fused-ring (bicyclic) bond motifs is 1. The first-order valence-electron chi connectivity index (χ1n) is 5.62. The molecule has 0 saturated carbocycles. The number of carbonyl (C=O) groups excluding carboxylic acids is 1. The van der Waals surface area contributed by atoms with Gasteiger partial charge in [0.25, 0.3) is 0 Å². The number of amides is 1. The van der Waals surface area contributed by atoms with E-state index in [1.165, 1.54) is 12.1 Å². The van der Waals surface area contributed by atoms with E-state index < -0.39 is 0 Å². The number of carbonyl (C=O) groups is 1. The summed E-state index contributed by atoms with van der Waals surface area (Å²) in [5.74, 6) is -0.504. The quantitative estimate of drug-likeness (QED) is 0.849. The van der Waals surface area contributed by atoms with Crippen molar-refractivity contribution in [2.24, 2.45) is 0 Å². The van der Waals surface area contributed by atoms with Crippen LogP contribution in [0.1, 0.15) is 5.69 Å². The van der Waals surface area contributed by atoms with Gasteiger partial charge in [-0.25, -0.2) is 4.39 Å². The number of aliphatic hydroxyl groups excluding tert-OH is 1. The minimum absolute atomic E-state index is 0.0871. The predicted octanol–water partition coefficient (Wildman–Crippen LogP) is 1.02. The number of halogens is 1. The van der Waals surface area contributed by atoms with Crippen LogP contribution in [-0.4, -0.2) is 29.1 Å². The molecule has 0 saturated heterocycles. The molecular formula is C13H13FN2O2. The molecule has 2 rings (SSSR count). The third-order valence-electron chi connectivity index (χ3n) is 2.48. The number of nitrogens with zero attached hydrogens (tertiary/aromatic N) is 1. The van der Waals surface area contributed by atoms with Crippen LogP contribution in [0.3, 0.4) is 0 Å². The van der Waals surface area contributed by atoms with Gasteiger partial charge in [0.05, 0.1) is 24.2 Å². The van der Waals surface area contributed by atoms with Crippen molar-refractivity contribution in [3.8, 4) is 0 Å². The van der Waals surface area contributed by atoms with Crippen molar-refractivity contribution in [1.82, 2.24) is 10.3 Å². The van der Waals surface area contributed by atoms with Crippen molar-refractivity contribution in [1.29, 1.82) is 0 Å². The van der Waals surface area contributed by atoms with E-state index in [4.69, 9.17) is 5.11 Å². The van der Waals surface area contributed by atoms with Gasteiger partial charge in [-0.05, 0) is 24.3 Å². The van der Waals surface area contributed by atoms with Crippen LogP contribution in [0.25, 0.3) is 10.9 Å². The largest absolute Gasteiger partial charge is 0.395 e. The number of pyridine rings is 1. The lowest BCUT2D eigenvalue weighted by Crippen LogP contribution is -2.28. The Morgan fingerprint density at radius 1 is 1.33 bits per heavy atom. The summed E-state index contributed by atoms with van der Waals surface area (Å²) >= 11 is 0. The van der Waals surface area contributed by atoms with E-state index in [-0.39, 0.29) is 31.3 Å². The van der Waals surface area contributed by atoms with Crippen LogP contribution >= 0.6 is 0 Å². The van der Waals surface area contributed by atoms with E-state index in [1.807, 2.05) is 0 Å². The monoisotopic (exact) mass is 248 g/mol. The highest BCUT2D eigenvalue weighted by Crippen LogP contribution is 2.14. The lowest BCUT2D eigenvalue weighted by molar-refractivity contribution is -0.120. The Kier molecular flexibility index (Phi) is 3.84. The summed E-state index contributed by atoms with van der Waals surface area (Å²) in [6.45, 7) is 0.147. The average molecular weight is 248 g/mol. The van der Waals surface area contributed by atoms with Gasteiger partial charge in [-0.15, -0.1) is 0 Å². The minimum atomic E-state index is -0.308. The van der Waals surface area contributed by atoms with Crippen molar-refractivity contribution in [3.63, 3.8) is 0 Å². The maximum atomic E-state index is 13.0. The van der Waals surface area contributed by atoms with Gasteiger partial charge in [0.2, 0.25) is 5.91 Å². The summed E-state index contributed by atoms with van der Waals surface area (Å²) in [7, 11) is 0. The highest BCUT2D eigenvalue weighted by Gasteiger charge is 2.05. The number of hydrogen-bond donors (Lipinski definition) is 2. The molecule has 1 aromatic heterocycles. The molecule has 2 N–H and O–H groups in total. The summed E-state index contributed by atoms with van der Waals surface area (Å²) in [5, 5.41) is 11.8. The van der Waals surface area contributed by atoms with Crippen LogP contribution in [0.2, 0.25) is 0 Å². The van der Waals surface area contributed by atoms with Crippen molar-refractivity contribution in [3.05, 3.63) is 41.8 Å². The summed E-state index contributed by atoms with van der Waals surface area (Å²) in [4.78, 5) is 15.7. The molecular weight excluding hydrogens is 235 g/mol. The maximum Gasteiger partial charge on any atom is 0.226 e. The molecule has 0 aliphatic heterocycles. The summed E-state index contributed by atoms with van der Waals surface area (Å²) in [6, 6.07) is 7.75. The Morgan fingerprint density at radius 2 is 2.17 bits per heavy atom. The van der Waals surface area contributed by atoms with Crippen molar-refractivity contribution in [2.45, 2.75) is 6.42 Å². The van der Waals surface area contributed by atoms with E-state index >= 15 is 0 Å². The third kappa shape index (κ3) is 3.01. The fourth-order valence-corrected chi connectivity index (χ4v) is 1.66. The third-order valence-corrected chi connectivity index (χ3v) is 2.48. The molecule has 5 heteroatoms. The number of aromatic nitrogens is 1. The number of hydrogen-bond acceptors (Lipinski definition) is 3. The highest BCUT2D eigenvalue weighted by molar-refractivity contribution is 5.81. The molecule has 0 unspecified atom stereocenters. The lowest BCUT2D eigenvalue weighted by Gasteiger charge is -2.04. The van der Waals surface area contributed by atoms with Gasteiger partial charge in [-0.2, -0.15) is 0 Å². The van der Waals surface area contributed by atoms with E-state index in [0.29, 0.717) is 16.6 Å². The van der Waals surface area contributed by atoms with E-state index in [1.54, 1.807) is 18.2 Å². The van der Waals surface area contributed by atoms with Crippen molar-refractivity contribution in [2.75, 3.05) is 13.2 Å². The van der Waals surface area contributed by atoms with E-state index in [0.717, 1.165) is 0 Å². The Balaban J connectivity index is 2.15. The zero-order valence-corrected chi connectivity index (χ0v) is 9.69. The van der Waals surface area contributed by atoms with Gasteiger partial charge < -0.3 is 10.4 Å². The topological polar surface area (TPSA) is 62.2 Å². The SMILES string of the molecule is O=C(Cc1ccc2cc(F)ccc2n1)NCCO. The molecule has 0 radical (unpaired) electrons. The van der Waals surface area contributed by atoms with Crippen molar-refractivity contribution < 1.29 is 14.3 Å². The number of nitrogens with one attached hydrogen (secondary N) is 1. The summed E-state index contributed by atoms with van der Waals surface area (Å²) in [6.07, 6.45) is 0.146. The number of aliphatic hydroxyl groups is 1. The first kappa shape index (κ1) is 12.4. The van der Waals surface area contributed by atoms with Crippen LogP contribution in [0.5, 0.6) is 0 Å². The second-order valence-electron chi connectivity index (χ2n) is 3.89. The van der Waals surface area contributed by atoms with E-state index in [2.05, 4.69) is 10.3 Å². The smallest absolute Gasteiger partial charge is 0.226 e. The Labute approximate surface area is 103 Å². The first-order chi connectivity index (χ1) is 8.69. The second-order valence-corrected chi connectivity index (χ2v) is 3.89. The van der Waals surface area contributed by atoms with Gasteiger partial charge in [0, 0.05) is 11.9 Å². The fourth-order valence-electron chi connectivity index (χ4n) is 1.66. The van der Waals surface area contributed by atoms with Gasteiger partial charge in [0.1, 0.15) is 5.82 Å². The summed E-state index contributed by atoms with van der Waals surface area (Å²) < 4.78 is 13.0. The molecule has 2 aromatic rings. The molecule has 0 atom stereocenters. The fraction of sp³-hybridized carbons (Fsp3) is 0.231. The Morgan fingerprint density at radius 3 is 2.94 bits per heavy atom. The predicted molar refractivity (Wildman–Crippen MR) is 65.5 cm³/mol. The number of rotatable bonds is 4. The standard InChI is InChI=1S/C13H13FN2O2/c14-10-2-4-12-9(7-10)1-3-11(16-12)8-13(18)15-5-6-17/h1-4,7,17H,5-6,8H2,(H,15,18). The van der Waals surface area contributed by atoms with Gasteiger partial charge in [-0.3, -0.25) is 9.78 Å². The minimum Gasteiger partial charge on any atom is -0.395 e. The Hall–Kier alpha value is -2.01. The van der Waals surface area contributed by atoms with Gasteiger partial charge >= 0.3 is 0 Å². The number of benzene rings is 1. The molecule has 0 bridgehead atoms. The van der Waals surface area contributed by atoms with Crippen LogP contribution in [0.4, 0.5) is 4.39 Å². The average Bonchev–Trinajstić information content (AvgIpc) is 2.36. The van der Waals surface area contributed by atoms with Crippen LogP contribution in [0.15, 0.2) is 30.3 Å². The second kappa shape index (κ2) is 5.55. The van der Waals surface area contributed by atoms with Crippen LogP contribution < -0.4 is 5.32 Å². The molecule has 0 aliphatic carbocycles. The Bertz CT molecular complexity index is 572. The zero-order valence-electron chi connectivity index (χ0n) is 9.69. The molecule has 4 nitrogen and oxygen atoms in total. The van der Waals surface area contributed by atoms with Gasteiger partial charge in [0.15, 0.2) is 0 Å². The normalized spacial score (nSPS) is 10.6.